The zero-order valence-electron chi connectivity index (χ0n) is 9.33. The minimum Gasteiger partial charge on any atom is -0.387 e. The van der Waals surface area contributed by atoms with E-state index in [0.717, 1.165) is 5.56 Å². The normalized spacial score (nSPS) is 13.5. The molecule has 2 aromatic rings. The van der Waals surface area contributed by atoms with Gasteiger partial charge in [-0.2, -0.15) is 0 Å². The quantitative estimate of drug-likeness (QED) is 0.769. The molecule has 6 nitrogen and oxygen atoms in total. The summed E-state index contributed by atoms with van der Waals surface area (Å²) in [6.07, 6.45) is 1.19. The van der Waals surface area contributed by atoms with Gasteiger partial charge in [0.25, 0.3) is 0 Å². The molecule has 2 rings (SSSR count). The van der Waals surface area contributed by atoms with Crippen LogP contribution in [-0.4, -0.2) is 37.7 Å². The highest BCUT2D eigenvalue weighted by Gasteiger charge is 2.09. The predicted octanol–water partition coefficient (Wildman–Crippen LogP) is 0.156. The first-order chi connectivity index (χ1) is 7.66. The molecule has 0 fully saturated rings. The predicted molar refractivity (Wildman–Crippen MR) is 58.9 cm³/mol. The van der Waals surface area contributed by atoms with Gasteiger partial charge in [0.05, 0.1) is 6.10 Å². The van der Waals surface area contributed by atoms with Gasteiger partial charge in [0, 0.05) is 24.3 Å². The second-order valence-corrected chi connectivity index (χ2v) is 4.02. The van der Waals surface area contributed by atoms with E-state index in [1.807, 2.05) is 19.9 Å². The minimum atomic E-state index is -0.545. The van der Waals surface area contributed by atoms with Gasteiger partial charge in [-0.3, -0.25) is 0 Å². The summed E-state index contributed by atoms with van der Waals surface area (Å²) in [5, 5.41) is 24.2. The zero-order valence-corrected chi connectivity index (χ0v) is 9.33. The molecule has 0 radical (unpaired) electrons. The Kier molecular flexibility index (Phi) is 3.12. The van der Waals surface area contributed by atoms with Gasteiger partial charge in [0.15, 0.2) is 5.65 Å². The fourth-order valence-electron chi connectivity index (χ4n) is 1.42. The van der Waals surface area contributed by atoms with Crippen LogP contribution in [0.3, 0.4) is 0 Å². The van der Waals surface area contributed by atoms with E-state index in [2.05, 4.69) is 20.8 Å². The Labute approximate surface area is 93.3 Å². The summed E-state index contributed by atoms with van der Waals surface area (Å²) in [4.78, 5) is 0. The first kappa shape index (κ1) is 11.0. The van der Waals surface area contributed by atoms with Crippen molar-refractivity contribution in [2.24, 2.45) is 0 Å². The summed E-state index contributed by atoms with van der Waals surface area (Å²) >= 11 is 0. The van der Waals surface area contributed by atoms with Crippen LogP contribution >= 0.6 is 0 Å². The molecule has 1 unspecified atom stereocenters. The molecule has 0 spiro atoms. The molecule has 0 saturated heterocycles. The first-order valence-electron chi connectivity index (χ1n) is 5.26. The Bertz CT molecular complexity index is 467. The number of aliphatic hydroxyl groups excluding tert-OH is 1. The van der Waals surface area contributed by atoms with Crippen LogP contribution in [0.4, 0.5) is 0 Å². The highest BCUT2D eigenvalue weighted by atomic mass is 16.3. The van der Waals surface area contributed by atoms with Gasteiger partial charge in [-0.15, -0.1) is 5.10 Å². The van der Waals surface area contributed by atoms with Crippen molar-refractivity contribution in [2.75, 3.05) is 6.54 Å². The lowest BCUT2D eigenvalue weighted by Gasteiger charge is -2.14. The fourth-order valence-corrected chi connectivity index (χ4v) is 1.42. The number of aromatic nitrogens is 4. The first-order valence-corrected chi connectivity index (χ1v) is 5.26. The van der Waals surface area contributed by atoms with Crippen molar-refractivity contribution < 1.29 is 5.11 Å². The number of nitrogens with zero attached hydrogens (tertiary/aromatic N) is 4. The van der Waals surface area contributed by atoms with Crippen molar-refractivity contribution in [3.63, 3.8) is 0 Å². The van der Waals surface area contributed by atoms with Gasteiger partial charge in [-0.25, -0.2) is 4.52 Å². The Hall–Kier alpha value is -1.53. The second-order valence-electron chi connectivity index (χ2n) is 4.02. The maximum atomic E-state index is 9.92. The minimum absolute atomic E-state index is 0.353. The highest BCUT2D eigenvalue weighted by Crippen LogP contribution is 2.12. The molecule has 6 heteroatoms. The maximum absolute atomic E-state index is 9.92. The molecule has 0 saturated carbocycles. The fraction of sp³-hybridized carbons (Fsp3) is 0.500. The average molecular weight is 221 g/mol. The molecular formula is C10H15N5O. The SMILES string of the molecule is CC(C)NCC(O)c1ccc2nnnn2c1. The van der Waals surface area contributed by atoms with E-state index in [-0.39, 0.29) is 0 Å². The molecule has 1 atom stereocenters. The van der Waals surface area contributed by atoms with Gasteiger partial charge in [-0.05, 0) is 16.5 Å². The van der Waals surface area contributed by atoms with Crippen molar-refractivity contribution in [1.82, 2.24) is 25.4 Å². The molecule has 2 heterocycles. The molecule has 0 aliphatic rings. The molecule has 16 heavy (non-hydrogen) atoms. The molecule has 0 aliphatic heterocycles. The van der Waals surface area contributed by atoms with Crippen LogP contribution in [0.2, 0.25) is 0 Å². The summed E-state index contributed by atoms with van der Waals surface area (Å²) in [5.41, 5.74) is 1.47. The lowest BCUT2D eigenvalue weighted by Crippen LogP contribution is -2.28. The maximum Gasteiger partial charge on any atom is 0.179 e. The van der Waals surface area contributed by atoms with Crippen LogP contribution in [-0.2, 0) is 0 Å². The Morgan fingerprint density at radius 3 is 3.00 bits per heavy atom. The molecule has 0 amide bonds. The summed E-state index contributed by atoms with van der Waals surface area (Å²) in [6, 6.07) is 3.97. The summed E-state index contributed by atoms with van der Waals surface area (Å²) < 4.78 is 1.55. The molecule has 0 aromatic carbocycles. The second kappa shape index (κ2) is 4.54. The van der Waals surface area contributed by atoms with E-state index >= 15 is 0 Å². The number of tetrazole rings is 1. The monoisotopic (exact) mass is 221 g/mol. The van der Waals surface area contributed by atoms with E-state index in [9.17, 15) is 5.11 Å². The van der Waals surface area contributed by atoms with Crippen molar-refractivity contribution in [1.29, 1.82) is 0 Å². The van der Waals surface area contributed by atoms with Crippen LogP contribution in [0.1, 0.15) is 25.5 Å². The van der Waals surface area contributed by atoms with Gasteiger partial charge in [-0.1, -0.05) is 19.9 Å². The van der Waals surface area contributed by atoms with Crippen LogP contribution in [0.5, 0.6) is 0 Å². The van der Waals surface area contributed by atoms with Crippen molar-refractivity contribution in [2.45, 2.75) is 26.0 Å². The lowest BCUT2D eigenvalue weighted by molar-refractivity contribution is 0.171. The number of nitrogens with one attached hydrogen (secondary N) is 1. The van der Waals surface area contributed by atoms with Crippen LogP contribution in [0.25, 0.3) is 5.65 Å². The number of fused-ring (bicyclic) bond motifs is 1. The van der Waals surface area contributed by atoms with E-state index in [1.54, 1.807) is 16.8 Å². The molecule has 2 aromatic heterocycles. The number of pyridine rings is 1. The van der Waals surface area contributed by atoms with Crippen LogP contribution in [0.15, 0.2) is 18.3 Å². The molecule has 0 aliphatic carbocycles. The van der Waals surface area contributed by atoms with E-state index in [4.69, 9.17) is 0 Å². The Morgan fingerprint density at radius 1 is 1.44 bits per heavy atom. The topological polar surface area (TPSA) is 75.3 Å². The van der Waals surface area contributed by atoms with E-state index in [1.165, 1.54) is 0 Å². The largest absolute Gasteiger partial charge is 0.387 e. The number of hydrogen-bond acceptors (Lipinski definition) is 5. The van der Waals surface area contributed by atoms with Gasteiger partial charge in [0.1, 0.15) is 0 Å². The number of aliphatic hydroxyl groups is 1. The van der Waals surface area contributed by atoms with Gasteiger partial charge in [0.2, 0.25) is 0 Å². The summed E-state index contributed by atoms with van der Waals surface area (Å²) in [6.45, 7) is 4.60. The average Bonchev–Trinajstić information content (AvgIpc) is 2.72. The van der Waals surface area contributed by atoms with Crippen molar-refractivity contribution in [3.05, 3.63) is 23.9 Å². The standard InChI is InChI=1S/C10H15N5O/c1-7(2)11-5-9(16)8-3-4-10-12-13-14-15(10)6-8/h3-4,6-7,9,11,16H,5H2,1-2H3. The van der Waals surface area contributed by atoms with Crippen LogP contribution in [0, 0.1) is 0 Å². The summed E-state index contributed by atoms with van der Waals surface area (Å²) in [7, 11) is 0. The Morgan fingerprint density at radius 2 is 2.25 bits per heavy atom. The third-order valence-electron chi connectivity index (χ3n) is 2.32. The lowest BCUT2D eigenvalue weighted by atomic mass is 10.1. The third-order valence-corrected chi connectivity index (χ3v) is 2.32. The zero-order chi connectivity index (χ0) is 11.5. The highest BCUT2D eigenvalue weighted by molar-refractivity contribution is 5.36. The smallest absolute Gasteiger partial charge is 0.179 e. The number of rotatable bonds is 4. The van der Waals surface area contributed by atoms with E-state index < -0.39 is 6.10 Å². The molecule has 0 bridgehead atoms. The van der Waals surface area contributed by atoms with Gasteiger partial charge < -0.3 is 10.4 Å². The Balaban J connectivity index is 2.12. The molecule has 2 N–H and O–H groups in total. The summed E-state index contributed by atoms with van der Waals surface area (Å²) in [5.74, 6) is 0. The van der Waals surface area contributed by atoms with Crippen molar-refractivity contribution >= 4 is 5.65 Å². The van der Waals surface area contributed by atoms with Crippen molar-refractivity contribution in [3.8, 4) is 0 Å². The van der Waals surface area contributed by atoms with Crippen LogP contribution < -0.4 is 5.32 Å². The molecular weight excluding hydrogens is 206 g/mol. The molecule has 86 valence electrons. The van der Waals surface area contributed by atoms with Gasteiger partial charge >= 0.3 is 0 Å². The van der Waals surface area contributed by atoms with E-state index in [0.29, 0.717) is 18.2 Å². The third kappa shape index (κ3) is 2.34. The number of hydrogen-bond donors (Lipinski definition) is 2.